The first-order chi connectivity index (χ1) is 9.31. The van der Waals surface area contributed by atoms with E-state index in [9.17, 15) is 0 Å². The normalized spacial score (nSPS) is 13.8. The first-order valence-corrected chi connectivity index (χ1v) is 7.80. The van der Waals surface area contributed by atoms with Gasteiger partial charge in [0.05, 0.1) is 0 Å². The van der Waals surface area contributed by atoms with Crippen LogP contribution in [-0.2, 0) is 0 Å². The van der Waals surface area contributed by atoms with E-state index in [0.29, 0.717) is 11.5 Å². The van der Waals surface area contributed by atoms with Crippen molar-refractivity contribution in [3.05, 3.63) is 35.4 Å². The van der Waals surface area contributed by atoms with Crippen molar-refractivity contribution in [2.45, 2.75) is 47.1 Å². The van der Waals surface area contributed by atoms with Crippen LogP contribution in [0, 0.1) is 12.3 Å². The molecule has 0 saturated carbocycles. The monoisotopic (exact) mass is 276 g/mol. The summed E-state index contributed by atoms with van der Waals surface area (Å²) in [5.41, 5.74) is 3.10. The Balaban J connectivity index is 2.57. The van der Waals surface area contributed by atoms with E-state index < -0.39 is 0 Å². The molecule has 1 atom stereocenters. The van der Waals surface area contributed by atoms with E-state index in [1.165, 1.54) is 11.1 Å². The largest absolute Gasteiger partial charge is 0.310 e. The molecule has 1 aromatic rings. The number of benzene rings is 1. The topological polar surface area (TPSA) is 15.3 Å². The zero-order chi connectivity index (χ0) is 15.2. The third-order valence-electron chi connectivity index (χ3n) is 3.47. The van der Waals surface area contributed by atoms with Gasteiger partial charge >= 0.3 is 0 Å². The minimum absolute atomic E-state index is 0.367. The Kier molecular flexibility index (Phi) is 6.70. The molecular formula is C18H32N2. The van der Waals surface area contributed by atoms with Crippen molar-refractivity contribution in [3.8, 4) is 0 Å². The lowest BCUT2D eigenvalue weighted by Crippen LogP contribution is -2.32. The third-order valence-corrected chi connectivity index (χ3v) is 3.47. The number of hydrogen-bond acceptors (Lipinski definition) is 2. The van der Waals surface area contributed by atoms with Crippen LogP contribution in [0.5, 0.6) is 0 Å². The molecule has 0 radical (unpaired) electrons. The Bertz CT molecular complexity index is 375. The molecule has 1 rings (SSSR count). The van der Waals surface area contributed by atoms with Gasteiger partial charge in [-0.2, -0.15) is 0 Å². The zero-order valence-corrected chi connectivity index (χ0v) is 14.2. The van der Waals surface area contributed by atoms with Gasteiger partial charge in [-0.25, -0.2) is 0 Å². The summed E-state index contributed by atoms with van der Waals surface area (Å²) in [6, 6.07) is 9.39. The lowest BCUT2D eigenvalue weighted by atomic mass is 9.96. The van der Waals surface area contributed by atoms with E-state index in [2.05, 4.69) is 76.1 Å². The van der Waals surface area contributed by atoms with E-state index >= 15 is 0 Å². The minimum Gasteiger partial charge on any atom is -0.310 e. The molecule has 0 fully saturated rings. The second-order valence-corrected chi connectivity index (χ2v) is 7.11. The summed E-state index contributed by atoms with van der Waals surface area (Å²) >= 11 is 0. The van der Waals surface area contributed by atoms with Gasteiger partial charge in [-0.15, -0.1) is 0 Å². The third kappa shape index (κ3) is 6.53. The fourth-order valence-corrected chi connectivity index (χ4v) is 2.67. The lowest BCUT2D eigenvalue weighted by molar-refractivity contribution is 0.218. The lowest BCUT2D eigenvalue weighted by Gasteiger charge is -2.28. The standard InChI is InChI=1S/C18H32N2/c1-7-19-17(16-10-8-15(2)9-11-16)12-13-20(6)14-18(3,4)5/h8-11,17,19H,7,12-14H2,1-6H3. The fourth-order valence-electron chi connectivity index (χ4n) is 2.67. The average molecular weight is 276 g/mol. The molecule has 0 heterocycles. The number of rotatable bonds is 7. The summed E-state index contributed by atoms with van der Waals surface area (Å²) in [5, 5.41) is 3.61. The highest BCUT2D eigenvalue weighted by Gasteiger charge is 2.15. The van der Waals surface area contributed by atoms with Crippen LogP contribution in [-0.4, -0.2) is 31.6 Å². The van der Waals surface area contributed by atoms with Gasteiger partial charge in [-0.3, -0.25) is 0 Å². The Hall–Kier alpha value is -0.860. The van der Waals surface area contributed by atoms with Gasteiger partial charge in [0.1, 0.15) is 0 Å². The van der Waals surface area contributed by atoms with Crippen LogP contribution in [0.1, 0.15) is 51.3 Å². The van der Waals surface area contributed by atoms with Crippen molar-refractivity contribution in [1.82, 2.24) is 10.2 Å². The summed E-state index contributed by atoms with van der Waals surface area (Å²) in [6.45, 7) is 14.5. The molecule has 2 heteroatoms. The smallest absolute Gasteiger partial charge is 0.0332 e. The Morgan fingerprint density at radius 2 is 1.75 bits per heavy atom. The molecule has 20 heavy (non-hydrogen) atoms. The maximum atomic E-state index is 3.61. The zero-order valence-electron chi connectivity index (χ0n) is 14.2. The summed E-state index contributed by atoms with van der Waals surface area (Å²) in [6.07, 6.45) is 1.16. The minimum atomic E-state index is 0.367. The fraction of sp³-hybridized carbons (Fsp3) is 0.667. The molecule has 1 N–H and O–H groups in total. The second kappa shape index (κ2) is 7.80. The van der Waals surface area contributed by atoms with Crippen LogP contribution in [0.15, 0.2) is 24.3 Å². The van der Waals surface area contributed by atoms with Crippen LogP contribution in [0.2, 0.25) is 0 Å². The Labute approximate surface area is 125 Å². The molecule has 0 saturated heterocycles. The number of nitrogens with zero attached hydrogens (tertiary/aromatic N) is 1. The molecule has 2 nitrogen and oxygen atoms in total. The van der Waals surface area contributed by atoms with Crippen molar-refractivity contribution in [3.63, 3.8) is 0 Å². The first kappa shape index (κ1) is 17.2. The summed E-state index contributed by atoms with van der Waals surface area (Å²) in [5.74, 6) is 0. The van der Waals surface area contributed by atoms with Crippen LogP contribution in [0.3, 0.4) is 0 Å². The summed E-state index contributed by atoms with van der Waals surface area (Å²) in [7, 11) is 2.23. The molecule has 1 unspecified atom stereocenters. The molecule has 0 aliphatic heterocycles. The summed E-state index contributed by atoms with van der Waals surface area (Å²) in [4.78, 5) is 2.44. The van der Waals surface area contributed by atoms with Gasteiger partial charge in [-0.05, 0) is 44.5 Å². The Morgan fingerprint density at radius 1 is 1.15 bits per heavy atom. The number of nitrogens with one attached hydrogen (secondary N) is 1. The van der Waals surface area contributed by atoms with Crippen LogP contribution in [0.25, 0.3) is 0 Å². The van der Waals surface area contributed by atoms with Gasteiger partial charge in [0.2, 0.25) is 0 Å². The highest BCUT2D eigenvalue weighted by atomic mass is 15.1. The maximum absolute atomic E-state index is 3.61. The van der Waals surface area contributed by atoms with Crippen molar-refractivity contribution in [2.24, 2.45) is 5.41 Å². The Morgan fingerprint density at radius 3 is 2.25 bits per heavy atom. The van der Waals surface area contributed by atoms with Crippen LogP contribution < -0.4 is 5.32 Å². The van der Waals surface area contributed by atoms with Crippen molar-refractivity contribution < 1.29 is 0 Å². The molecule has 0 spiro atoms. The van der Waals surface area contributed by atoms with Gasteiger partial charge in [-0.1, -0.05) is 57.5 Å². The highest BCUT2D eigenvalue weighted by Crippen LogP contribution is 2.19. The van der Waals surface area contributed by atoms with E-state index in [1.54, 1.807) is 0 Å². The van der Waals surface area contributed by atoms with E-state index in [-0.39, 0.29) is 0 Å². The molecule has 0 aliphatic carbocycles. The van der Waals surface area contributed by atoms with Crippen molar-refractivity contribution in [1.29, 1.82) is 0 Å². The predicted molar refractivity (Wildman–Crippen MR) is 89.2 cm³/mol. The van der Waals surface area contributed by atoms with Crippen molar-refractivity contribution >= 4 is 0 Å². The van der Waals surface area contributed by atoms with Gasteiger partial charge in [0.15, 0.2) is 0 Å². The predicted octanol–water partition coefficient (Wildman–Crippen LogP) is 4.01. The van der Waals surface area contributed by atoms with E-state index in [4.69, 9.17) is 0 Å². The van der Waals surface area contributed by atoms with Crippen LogP contribution >= 0.6 is 0 Å². The average Bonchev–Trinajstić information content (AvgIpc) is 2.33. The second-order valence-electron chi connectivity index (χ2n) is 7.11. The van der Waals surface area contributed by atoms with E-state index in [1.807, 2.05) is 0 Å². The molecule has 0 aliphatic rings. The molecule has 0 aromatic heterocycles. The van der Waals surface area contributed by atoms with E-state index in [0.717, 1.165) is 26.1 Å². The van der Waals surface area contributed by atoms with Crippen molar-refractivity contribution in [2.75, 3.05) is 26.7 Å². The molecular weight excluding hydrogens is 244 g/mol. The summed E-state index contributed by atoms with van der Waals surface area (Å²) < 4.78 is 0. The van der Waals surface area contributed by atoms with Gasteiger partial charge < -0.3 is 10.2 Å². The van der Waals surface area contributed by atoms with Crippen LogP contribution in [0.4, 0.5) is 0 Å². The SMILES string of the molecule is CCNC(CCN(C)CC(C)(C)C)c1ccc(C)cc1. The van der Waals surface area contributed by atoms with Gasteiger partial charge in [0, 0.05) is 12.6 Å². The van der Waals surface area contributed by atoms with Gasteiger partial charge in [0.25, 0.3) is 0 Å². The molecule has 114 valence electrons. The quantitative estimate of drug-likeness (QED) is 0.809. The molecule has 0 amide bonds. The molecule has 0 bridgehead atoms. The maximum Gasteiger partial charge on any atom is 0.0332 e. The number of hydrogen-bond donors (Lipinski definition) is 1. The first-order valence-electron chi connectivity index (χ1n) is 7.80. The highest BCUT2D eigenvalue weighted by molar-refractivity contribution is 5.24. The molecule has 1 aromatic carbocycles. The number of aryl methyl sites for hydroxylation is 1.